The Hall–Kier alpha value is -1.77. The molecular formula is C15H20ClN3O2. The molecule has 0 aliphatic carbocycles. The fraction of sp³-hybridized carbons (Fsp3) is 0.467. The van der Waals surface area contributed by atoms with Gasteiger partial charge in [-0.1, -0.05) is 24.6 Å². The quantitative estimate of drug-likeness (QED) is 0.723. The van der Waals surface area contributed by atoms with Crippen molar-refractivity contribution >= 4 is 17.5 Å². The zero-order valence-corrected chi connectivity index (χ0v) is 13.0. The van der Waals surface area contributed by atoms with E-state index in [1.807, 2.05) is 18.2 Å². The first kappa shape index (κ1) is 17.3. The first-order chi connectivity index (χ1) is 10.1. The van der Waals surface area contributed by atoms with E-state index in [2.05, 4.69) is 24.5 Å². The standard InChI is InChI=1S/C15H20ClN3O2/c1-3-7-18-11(2)12-4-5-14(13(16)9-12)21-10-15(20)19-8-6-17/h4-5,9,11,18H,3,7-8,10H2,1-2H3,(H,19,20). The average Bonchev–Trinajstić information content (AvgIpc) is 2.49. The molecule has 6 heteroatoms. The number of carbonyl (C=O) groups excluding carboxylic acids is 1. The summed E-state index contributed by atoms with van der Waals surface area (Å²) in [6, 6.07) is 7.53. The minimum Gasteiger partial charge on any atom is -0.482 e. The van der Waals surface area contributed by atoms with E-state index in [0.717, 1.165) is 18.5 Å². The zero-order valence-electron chi connectivity index (χ0n) is 12.3. The number of ether oxygens (including phenoxy) is 1. The number of nitrogens with zero attached hydrogens (tertiary/aromatic N) is 1. The highest BCUT2D eigenvalue weighted by Crippen LogP contribution is 2.27. The summed E-state index contributed by atoms with van der Waals surface area (Å²) < 4.78 is 5.34. The minimum atomic E-state index is -0.352. The number of halogens is 1. The molecule has 1 unspecified atom stereocenters. The molecule has 114 valence electrons. The van der Waals surface area contributed by atoms with Crippen LogP contribution in [0.15, 0.2) is 18.2 Å². The maximum atomic E-state index is 11.3. The maximum absolute atomic E-state index is 11.3. The van der Waals surface area contributed by atoms with Crippen molar-refractivity contribution in [2.75, 3.05) is 19.7 Å². The smallest absolute Gasteiger partial charge is 0.258 e. The van der Waals surface area contributed by atoms with Crippen LogP contribution in [0.25, 0.3) is 0 Å². The molecule has 0 saturated heterocycles. The maximum Gasteiger partial charge on any atom is 0.258 e. The molecule has 1 amide bonds. The lowest BCUT2D eigenvalue weighted by Crippen LogP contribution is -2.29. The van der Waals surface area contributed by atoms with Gasteiger partial charge in [-0.15, -0.1) is 0 Å². The van der Waals surface area contributed by atoms with Crippen LogP contribution in [0.2, 0.25) is 5.02 Å². The topological polar surface area (TPSA) is 74.2 Å². The number of nitriles is 1. The Kier molecular flexibility index (Phi) is 7.59. The van der Waals surface area contributed by atoms with Gasteiger partial charge in [-0.3, -0.25) is 4.79 Å². The molecule has 1 aromatic rings. The Balaban J connectivity index is 2.58. The van der Waals surface area contributed by atoms with Gasteiger partial charge in [0.25, 0.3) is 5.91 Å². The van der Waals surface area contributed by atoms with E-state index in [4.69, 9.17) is 21.6 Å². The molecule has 0 bridgehead atoms. The van der Waals surface area contributed by atoms with Crippen molar-refractivity contribution in [2.45, 2.75) is 26.3 Å². The van der Waals surface area contributed by atoms with E-state index in [1.54, 1.807) is 6.07 Å². The van der Waals surface area contributed by atoms with Crippen LogP contribution in [-0.4, -0.2) is 25.6 Å². The third-order valence-electron chi connectivity index (χ3n) is 2.88. The first-order valence-electron chi connectivity index (χ1n) is 6.87. The van der Waals surface area contributed by atoms with Gasteiger partial charge in [-0.2, -0.15) is 5.26 Å². The lowest BCUT2D eigenvalue weighted by molar-refractivity contribution is -0.122. The van der Waals surface area contributed by atoms with Gasteiger partial charge in [-0.25, -0.2) is 0 Å². The highest BCUT2D eigenvalue weighted by atomic mass is 35.5. The molecule has 5 nitrogen and oxygen atoms in total. The fourth-order valence-electron chi connectivity index (χ4n) is 1.71. The molecule has 21 heavy (non-hydrogen) atoms. The van der Waals surface area contributed by atoms with Gasteiger partial charge < -0.3 is 15.4 Å². The van der Waals surface area contributed by atoms with E-state index in [-0.39, 0.29) is 25.1 Å². The van der Waals surface area contributed by atoms with Crippen LogP contribution < -0.4 is 15.4 Å². The van der Waals surface area contributed by atoms with E-state index in [9.17, 15) is 4.79 Å². The number of carbonyl (C=O) groups is 1. The van der Waals surface area contributed by atoms with Gasteiger partial charge in [0.2, 0.25) is 0 Å². The summed E-state index contributed by atoms with van der Waals surface area (Å²) in [4.78, 5) is 11.3. The van der Waals surface area contributed by atoms with Crippen molar-refractivity contribution < 1.29 is 9.53 Å². The second-order valence-corrected chi connectivity index (χ2v) is 5.00. The van der Waals surface area contributed by atoms with Crippen molar-refractivity contribution in [1.82, 2.24) is 10.6 Å². The Morgan fingerprint density at radius 3 is 2.90 bits per heavy atom. The van der Waals surface area contributed by atoms with Crippen LogP contribution in [0.4, 0.5) is 0 Å². The Labute approximate surface area is 130 Å². The van der Waals surface area contributed by atoms with Crippen LogP contribution in [0, 0.1) is 11.3 Å². The second kappa shape index (κ2) is 9.22. The third-order valence-corrected chi connectivity index (χ3v) is 3.18. The summed E-state index contributed by atoms with van der Waals surface area (Å²) in [7, 11) is 0. The van der Waals surface area contributed by atoms with Gasteiger partial charge in [0.15, 0.2) is 6.61 Å². The Morgan fingerprint density at radius 1 is 1.52 bits per heavy atom. The number of rotatable bonds is 8. The molecule has 0 aromatic heterocycles. The predicted octanol–water partition coefficient (Wildman–Crippen LogP) is 2.42. The lowest BCUT2D eigenvalue weighted by atomic mass is 10.1. The fourth-order valence-corrected chi connectivity index (χ4v) is 1.96. The molecular weight excluding hydrogens is 290 g/mol. The largest absolute Gasteiger partial charge is 0.482 e. The summed E-state index contributed by atoms with van der Waals surface area (Å²) in [6.07, 6.45) is 1.07. The molecule has 0 aliphatic rings. The molecule has 2 N–H and O–H groups in total. The molecule has 0 heterocycles. The van der Waals surface area contributed by atoms with E-state index >= 15 is 0 Å². The van der Waals surface area contributed by atoms with Crippen LogP contribution >= 0.6 is 11.6 Å². The third kappa shape index (κ3) is 6.03. The van der Waals surface area contributed by atoms with Crippen molar-refractivity contribution in [3.63, 3.8) is 0 Å². The van der Waals surface area contributed by atoms with Crippen molar-refractivity contribution in [3.8, 4) is 11.8 Å². The number of benzene rings is 1. The first-order valence-corrected chi connectivity index (χ1v) is 7.25. The highest BCUT2D eigenvalue weighted by Gasteiger charge is 2.09. The van der Waals surface area contributed by atoms with E-state index in [1.165, 1.54) is 0 Å². The van der Waals surface area contributed by atoms with Gasteiger partial charge in [0.05, 0.1) is 11.1 Å². The molecule has 0 radical (unpaired) electrons. The summed E-state index contributed by atoms with van der Waals surface area (Å²) in [5, 5.41) is 14.6. The molecule has 1 aromatic carbocycles. The minimum absolute atomic E-state index is 0.0323. The Morgan fingerprint density at radius 2 is 2.29 bits per heavy atom. The van der Waals surface area contributed by atoms with Gasteiger partial charge in [0, 0.05) is 6.04 Å². The van der Waals surface area contributed by atoms with Crippen molar-refractivity contribution in [3.05, 3.63) is 28.8 Å². The number of nitrogens with one attached hydrogen (secondary N) is 2. The average molecular weight is 310 g/mol. The van der Waals surface area contributed by atoms with Crippen LogP contribution in [0.3, 0.4) is 0 Å². The zero-order chi connectivity index (χ0) is 15.7. The van der Waals surface area contributed by atoms with E-state index in [0.29, 0.717) is 10.8 Å². The normalized spacial score (nSPS) is 11.5. The molecule has 1 atom stereocenters. The molecule has 0 aliphatic heterocycles. The summed E-state index contributed by atoms with van der Waals surface area (Å²) in [5.41, 5.74) is 1.06. The monoisotopic (exact) mass is 309 g/mol. The second-order valence-electron chi connectivity index (χ2n) is 4.59. The van der Waals surface area contributed by atoms with Crippen molar-refractivity contribution in [1.29, 1.82) is 5.26 Å². The van der Waals surface area contributed by atoms with Crippen LogP contribution in [0.1, 0.15) is 31.9 Å². The summed E-state index contributed by atoms with van der Waals surface area (Å²) in [6.45, 7) is 4.92. The van der Waals surface area contributed by atoms with Crippen LogP contribution in [0.5, 0.6) is 5.75 Å². The number of hydrogen-bond donors (Lipinski definition) is 2. The van der Waals surface area contributed by atoms with Crippen LogP contribution in [-0.2, 0) is 4.79 Å². The van der Waals surface area contributed by atoms with Gasteiger partial charge in [-0.05, 0) is 37.6 Å². The van der Waals surface area contributed by atoms with E-state index < -0.39 is 0 Å². The SMILES string of the molecule is CCCNC(C)c1ccc(OCC(=O)NCC#N)c(Cl)c1. The number of hydrogen-bond acceptors (Lipinski definition) is 4. The van der Waals surface area contributed by atoms with Gasteiger partial charge >= 0.3 is 0 Å². The van der Waals surface area contributed by atoms with Gasteiger partial charge in [0.1, 0.15) is 12.3 Å². The summed E-state index contributed by atoms with van der Waals surface area (Å²) >= 11 is 6.16. The highest BCUT2D eigenvalue weighted by molar-refractivity contribution is 6.32. The predicted molar refractivity (Wildman–Crippen MR) is 82.3 cm³/mol. The lowest BCUT2D eigenvalue weighted by Gasteiger charge is -2.15. The number of amides is 1. The van der Waals surface area contributed by atoms with Crippen molar-refractivity contribution in [2.24, 2.45) is 0 Å². The molecule has 0 saturated carbocycles. The molecule has 0 spiro atoms. The summed E-state index contributed by atoms with van der Waals surface area (Å²) in [5.74, 6) is 0.102. The molecule has 0 fully saturated rings. The Bertz CT molecular complexity index is 514. The molecule has 1 rings (SSSR count).